The van der Waals surface area contributed by atoms with Crippen molar-refractivity contribution in [2.75, 3.05) is 33.7 Å². The second kappa shape index (κ2) is 19.5. The van der Waals surface area contributed by atoms with E-state index in [2.05, 4.69) is 43.6 Å². The van der Waals surface area contributed by atoms with Gasteiger partial charge in [-0.3, -0.25) is 33.7 Å². The van der Waals surface area contributed by atoms with Crippen LogP contribution in [0.5, 0.6) is 0 Å². The number of ether oxygens (including phenoxy) is 1. The van der Waals surface area contributed by atoms with E-state index in [1.54, 1.807) is 75.0 Å². The van der Waals surface area contributed by atoms with Gasteiger partial charge in [-0.2, -0.15) is 0 Å². The number of nitrogens with one attached hydrogen (secondary N) is 3. The maximum absolute atomic E-state index is 15.0. The first-order valence-corrected chi connectivity index (χ1v) is 21.2. The van der Waals surface area contributed by atoms with Gasteiger partial charge in [0.25, 0.3) is 5.91 Å². The van der Waals surface area contributed by atoms with Gasteiger partial charge in [-0.05, 0) is 81.1 Å². The van der Waals surface area contributed by atoms with Gasteiger partial charge in [0.1, 0.15) is 23.7 Å². The summed E-state index contributed by atoms with van der Waals surface area (Å²) in [5, 5.41) is 7.84. The first-order chi connectivity index (χ1) is 27.2. The van der Waals surface area contributed by atoms with Crippen LogP contribution in [0.25, 0.3) is 0 Å². The number of hydrogen-bond acceptors (Lipinski definition) is 8. The number of rotatable bonds is 17. The fourth-order valence-electron chi connectivity index (χ4n) is 8.71. The lowest BCUT2D eigenvalue weighted by Crippen LogP contribution is -2.61. The molecule has 0 spiro atoms. The molecule has 3 fully saturated rings. The van der Waals surface area contributed by atoms with Crippen LogP contribution in [0.3, 0.4) is 0 Å². The molecule has 0 aromatic heterocycles. The lowest BCUT2D eigenvalue weighted by atomic mass is 9.82. The van der Waals surface area contributed by atoms with Crippen LogP contribution in [0.15, 0.2) is 30.3 Å². The molecule has 6 amide bonds. The van der Waals surface area contributed by atoms with Crippen molar-refractivity contribution in [2.45, 2.75) is 137 Å². The molecule has 322 valence electrons. The van der Waals surface area contributed by atoms with Crippen LogP contribution < -0.4 is 16.0 Å². The smallest absolute Gasteiger partial charge is 0.410 e. The SMILES string of the molecule is CCCC(NC(=O)C1[C@@H]2[C@@H](CN1C(=O)[C@H](C1CCCCC1)N(CCC(C)C)C(=O)OC(C)(C)C)C2(C)C)C(=O)C(=O)NCC(=O)N[C@H](C(=O)N(C)C)c1ccccc1. The van der Waals surface area contributed by atoms with Gasteiger partial charge < -0.3 is 30.5 Å². The maximum atomic E-state index is 15.0. The predicted molar refractivity (Wildman–Crippen MR) is 220 cm³/mol. The van der Waals surface area contributed by atoms with E-state index >= 15 is 4.79 Å². The zero-order valence-corrected chi connectivity index (χ0v) is 36.4. The van der Waals surface area contributed by atoms with E-state index in [-0.39, 0.29) is 47.3 Å². The molecule has 2 unspecified atom stereocenters. The van der Waals surface area contributed by atoms with Gasteiger partial charge in [0.15, 0.2) is 0 Å². The van der Waals surface area contributed by atoms with E-state index in [9.17, 15) is 28.8 Å². The van der Waals surface area contributed by atoms with Crippen LogP contribution in [0.1, 0.15) is 118 Å². The summed E-state index contributed by atoms with van der Waals surface area (Å²) in [6.45, 7) is 15.6. The Morgan fingerprint density at radius 3 is 2.14 bits per heavy atom. The standard InChI is InChI=1S/C44H68N6O8/c1-11-18-31(37(52)39(54)45-25-32(51)47-34(40(55)48(9)10)28-19-14-12-15-20-28)46-38(53)36-33-30(44(33,7)8)26-50(36)41(56)35(29-21-16-13-17-22-29)49(24-23-27(2)3)42(57)58-43(4,5)6/h12,14-15,19-20,27,29-31,33-36H,11,13,16-18,21-26H2,1-10H3,(H,45,54)(H,46,53)(H,47,51)/t30-,31?,33+,34+,35+,36?/m1/s1. The minimum atomic E-state index is -1.20. The van der Waals surface area contributed by atoms with Gasteiger partial charge in [0, 0.05) is 27.2 Å². The average Bonchev–Trinajstić information content (AvgIpc) is 3.46. The fraction of sp³-hybridized carbons (Fsp3) is 0.705. The minimum absolute atomic E-state index is 0.0473. The normalized spacial score (nSPS) is 21.5. The molecule has 14 heteroatoms. The van der Waals surface area contributed by atoms with E-state index in [0.717, 1.165) is 32.1 Å². The first kappa shape index (κ1) is 46.2. The van der Waals surface area contributed by atoms with Crippen molar-refractivity contribution in [1.82, 2.24) is 30.7 Å². The molecule has 1 saturated heterocycles. The van der Waals surface area contributed by atoms with E-state index in [4.69, 9.17) is 4.74 Å². The molecule has 14 nitrogen and oxygen atoms in total. The highest BCUT2D eigenvalue weighted by Crippen LogP contribution is 2.65. The fourth-order valence-corrected chi connectivity index (χ4v) is 8.71. The van der Waals surface area contributed by atoms with E-state index < -0.39 is 65.9 Å². The molecule has 3 aliphatic rings. The van der Waals surface area contributed by atoms with Gasteiger partial charge in [0.2, 0.25) is 29.4 Å². The summed E-state index contributed by atoms with van der Waals surface area (Å²) in [5.74, 6) is -3.78. The Hall–Kier alpha value is -4.49. The summed E-state index contributed by atoms with van der Waals surface area (Å²) < 4.78 is 5.90. The Labute approximate surface area is 344 Å². The number of carbonyl (C=O) groups is 7. The Morgan fingerprint density at radius 1 is 0.931 bits per heavy atom. The third kappa shape index (κ3) is 11.4. The highest BCUT2D eigenvalue weighted by molar-refractivity contribution is 6.38. The number of benzene rings is 1. The first-order valence-electron chi connectivity index (χ1n) is 21.2. The second-order valence-corrected chi connectivity index (χ2v) is 18.6. The lowest BCUT2D eigenvalue weighted by molar-refractivity contribution is -0.147. The summed E-state index contributed by atoms with van der Waals surface area (Å²) >= 11 is 0. The van der Waals surface area contributed by atoms with Crippen molar-refractivity contribution in [1.29, 1.82) is 0 Å². The summed E-state index contributed by atoms with van der Waals surface area (Å²) in [4.78, 5) is 101. The maximum Gasteiger partial charge on any atom is 0.410 e. The zero-order valence-electron chi connectivity index (χ0n) is 36.4. The summed E-state index contributed by atoms with van der Waals surface area (Å²) in [7, 11) is 3.14. The van der Waals surface area contributed by atoms with Gasteiger partial charge in [0.05, 0.1) is 12.6 Å². The van der Waals surface area contributed by atoms with Crippen molar-refractivity contribution < 1.29 is 38.3 Å². The summed E-state index contributed by atoms with van der Waals surface area (Å²) in [5.41, 5.74) is -0.453. The molecule has 1 aliphatic heterocycles. The molecular formula is C44H68N6O8. The molecule has 6 atom stereocenters. The summed E-state index contributed by atoms with van der Waals surface area (Å²) in [6, 6.07) is 4.75. The zero-order chi connectivity index (χ0) is 43.1. The monoisotopic (exact) mass is 809 g/mol. The molecule has 2 aliphatic carbocycles. The minimum Gasteiger partial charge on any atom is -0.444 e. The Kier molecular flexibility index (Phi) is 15.5. The number of hydrogen-bond donors (Lipinski definition) is 3. The Morgan fingerprint density at radius 2 is 1.57 bits per heavy atom. The third-order valence-electron chi connectivity index (χ3n) is 12.0. The Balaban J connectivity index is 1.53. The number of nitrogens with zero attached hydrogens (tertiary/aromatic N) is 3. The number of fused-ring (bicyclic) bond motifs is 1. The summed E-state index contributed by atoms with van der Waals surface area (Å²) in [6.07, 6.45) is 5.23. The van der Waals surface area contributed by atoms with Crippen LogP contribution in [0.4, 0.5) is 4.79 Å². The molecule has 58 heavy (non-hydrogen) atoms. The second-order valence-electron chi connectivity index (χ2n) is 18.6. The van der Waals surface area contributed by atoms with Crippen LogP contribution >= 0.6 is 0 Å². The van der Waals surface area contributed by atoms with Gasteiger partial charge >= 0.3 is 6.09 Å². The van der Waals surface area contributed by atoms with Gasteiger partial charge in [-0.1, -0.05) is 90.6 Å². The molecule has 0 radical (unpaired) electrons. The van der Waals surface area contributed by atoms with Gasteiger partial charge in [-0.15, -0.1) is 0 Å². The number of carbonyl (C=O) groups excluding carboxylic acids is 7. The van der Waals surface area contributed by atoms with E-state index in [1.165, 1.54) is 4.90 Å². The quantitative estimate of drug-likeness (QED) is 0.191. The molecule has 2 saturated carbocycles. The van der Waals surface area contributed by atoms with E-state index in [1.807, 2.05) is 6.92 Å². The number of likely N-dealkylation sites (tertiary alicyclic amines) is 1. The van der Waals surface area contributed by atoms with E-state index in [0.29, 0.717) is 31.5 Å². The molecule has 1 aromatic carbocycles. The van der Waals surface area contributed by atoms with Crippen LogP contribution in [0.2, 0.25) is 0 Å². The Bertz CT molecular complexity index is 1650. The number of piperidine rings is 1. The van der Waals surface area contributed by atoms with Crippen molar-refractivity contribution in [3.63, 3.8) is 0 Å². The topological polar surface area (TPSA) is 175 Å². The van der Waals surface area contributed by atoms with Crippen molar-refractivity contribution in [3.8, 4) is 0 Å². The highest BCUT2D eigenvalue weighted by atomic mass is 16.6. The van der Waals surface area contributed by atoms with Crippen molar-refractivity contribution >= 4 is 41.4 Å². The number of ketones is 1. The number of Topliss-reactive ketones (excluding diaryl/α,β-unsaturated/α-hetero) is 1. The molecule has 1 aromatic rings. The average molecular weight is 809 g/mol. The van der Waals surface area contributed by atoms with Crippen LogP contribution in [-0.4, -0.2) is 114 Å². The molecule has 0 bridgehead atoms. The van der Waals surface area contributed by atoms with Crippen LogP contribution in [0, 0.1) is 29.1 Å². The number of likely N-dealkylation sites (N-methyl/N-ethyl adjacent to an activating group) is 1. The van der Waals surface area contributed by atoms with Crippen molar-refractivity contribution in [2.24, 2.45) is 29.1 Å². The van der Waals surface area contributed by atoms with Crippen molar-refractivity contribution in [3.05, 3.63) is 35.9 Å². The predicted octanol–water partition coefficient (Wildman–Crippen LogP) is 4.62. The molecular weight excluding hydrogens is 741 g/mol. The largest absolute Gasteiger partial charge is 0.444 e. The molecule has 3 N–H and O–H groups in total. The lowest BCUT2D eigenvalue weighted by Gasteiger charge is -2.42. The van der Waals surface area contributed by atoms with Crippen LogP contribution in [-0.2, 0) is 33.5 Å². The molecule has 1 heterocycles. The molecule has 4 rings (SSSR count). The highest BCUT2D eigenvalue weighted by Gasteiger charge is 2.70. The van der Waals surface area contributed by atoms with Gasteiger partial charge in [-0.25, -0.2) is 4.79 Å². The third-order valence-corrected chi connectivity index (χ3v) is 12.0. The number of amides is 6.